The molecule has 2 amide bonds. The van der Waals surface area contributed by atoms with Gasteiger partial charge in [-0.2, -0.15) is 5.06 Å². The van der Waals surface area contributed by atoms with Gasteiger partial charge in [-0.25, -0.2) is 0 Å². The van der Waals surface area contributed by atoms with Crippen molar-refractivity contribution in [3.63, 3.8) is 0 Å². The minimum Gasteiger partial charge on any atom is -0.301 e. The summed E-state index contributed by atoms with van der Waals surface area (Å²) in [4.78, 5) is 29.8. The second-order valence-corrected chi connectivity index (χ2v) is 3.54. The zero-order chi connectivity index (χ0) is 11.7. The summed E-state index contributed by atoms with van der Waals surface area (Å²) in [6.45, 7) is 0.128. The Hall–Kier alpha value is -1.72. The second kappa shape index (κ2) is 4.03. The van der Waals surface area contributed by atoms with E-state index in [-0.39, 0.29) is 18.5 Å². The fourth-order valence-corrected chi connectivity index (χ4v) is 1.62. The lowest BCUT2D eigenvalue weighted by Gasteiger charge is -2.20. The lowest BCUT2D eigenvalue weighted by molar-refractivity contribution is -0.126. The highest BCUT2D eigenvalue weighted by Crippen LogP contribution is 2.22. The molecule has 0 aromatic heterocycles. The minimum atomic E-state index is -0.274. The quantitative estimate of drug-likeness (QED) is 0.556. The van der Waals surface area contributed by atoms with Crippen molar-refractivity contribution < 1.29 is 14.4 Å². The van der Waals surface area contributed by atoms with E-state index in [9.17, 15) is 9.59 Å². The molecule has 0 aliphatic carbocycles. The molecule has 0 spiro atoms. The average molecular weight is 220 g/mol. The molecule has 1 aromatic carbocycles. The Morgan fingerprint density at radius 3 is 2.12 bits per heavy atom. The molecule has 0 N–H and O–H groups in total. The Bertz CT molecular complexity index is 410. The molecule has 5 heteroatoms. The van der Waals surface area contributed by atoms with Crippen molar-refractivity contribution >= 4 is 11.8 Å². The summed E-state index contributed by atoms with van der Waals surface area (Å²) in [6.07, 6.45) is 0. The summed E-state index contributed by atoms with van der Waals surface area (Å²) in [6, 6.07) is 6.80. The van der Waals surface area contributed by atoms with Crippen molar-refractivity contribution in [2.75, 3.05) is 20.8 Å². The molecule has 0 fully saturated rings. The van der Waals surface area contributed by atoms with E-state index >= 15 is 0 Å². The molecule has 84 valence electrons. The Morgan fingerprint density at radius 1 is 1.19 bits per heavy atom. The molecule has 1 aromatic rings. The number of benzene rings is 1. The van der Waals surface area contributed by atoms with Crippen molar-refractivity contribution in [1.82, 2.24) is 9.96 Å². The third-order valence-corrected chi connectivity index (χ3v) is 2.53. The first kappa shape index (κ1) is 10.8. The molecule has 0 radical (unpaired) electrons. The highest BCUT2D eigenvalue weighted by atomic mass is 16.7. The molecule has 5 nitrogen and oxygen atoms in total. The van der Waals surface area contributed by atoms with Crippen LogP contribution in [0.15, 0.2) is 24.3 Å². The van der Waals surface area contributed by atoms with Gasteiger partial charge in [-0.15, -0.1) is 0 Å². The van der Waals surface area contributed by atoms with Crippen molar-refractivity contribution in [2.45, 2.75) is 0 Å². The number of fused-ring (bicyclic) bond motifs is 1. The van der Waals surface area contributed by atoms with Crippen LogP contribution >= 0.6 is 0 Å². The summed E-state index contributed by atoms with van der Waals surface area (Å²) in [5, 5.41) is 1.42. The summed E-state index contributed by atoms with van der Waals surface area (Å²) in [5.74, 6) is -0.547. The average Bonchev–Trinajstić information content (AvgIpc) is 2.55. The summed E-state index contributed by atoms with van der Waals surface area (Å²) >= 11 is 0. The number of hydrogen-bond acceptors (Lipinski definition) is 4. The Labute approximate surface area is 93.2 Å². The van der Waals surface area contributed by atoms with Gasteiger partial charge >= 0.3 is 0 Å². The summed E-state index contributed by atoms with van der Waals surface area (Å²) in [5.41, 5.74) is 0.911. The molecule has 1 aliphatic heterocycles. The maximum atomic E-state index is 11.9. The molecular weight excluding hydrogens is 208 g/mol. The number of carbonyl (C=O) groups is 2. The van der Waals surface area contributed by atoms with Gasteiger partial charge in [0, 0.05) is 7.05 Å². The van der Waals surface area contributed by atoms with Crippen LogP contribution in [-0.2, 0) is 4.84 Å². The number of imide groups is 1. The molecule has 0 unspecified atom stereocenters. The Kier molecular flexibility index (Phi) is 2.72. The summed E-state index contributed by atoms with van der Waals surface area (Å²) in [7, 11) is 3.14. The molecule has 0 saturated heterocycles. The van der Waals surface area contributed by atoms with Crippen LogP contribution in [0.4, 0.5) is 0 Å². The van der Waals surface area contributed by atoms with Crippen molar-refractivity contribution in [3.8, 4) is 0 Å². The first-order valence-corrected chi connectivity index (χ1v) is 4.85. The van der Waals surface area contributed by atoms with Gasteiger partial charge in [-0.1, -0.05) is 12.1 Å². The van der Waals surface area contributed by atoms with Crippen LogP contribution in [0.2, 0.25) is 0 Å². The van der Waals surface area contributed by atoms with Gasteiger partial charge in [0.25, 0.3) is 11.8 Å². The number of hydroxylamine groups is 2. The van der Waals surface area contributed by atoms with Gasteiger partial charge in [0.05, 0.1) is 18.2 Å². The first-order chi connectivity index (χ1) is 7.65. The standard InChI is InChI=1S/C11H12N2O3/c1-12(16-2)7-13-10(14)8-5-3-4-6-9(8)11(13)15/h3-6H,7H2,1-2H3. The second-order valence-electron chi connectivity index (χ2n) is 3.54. The Morgan fingerprint density at radius 2 is 1.69 bits per heavy atom. The van der Waals surface area contributed by atoms with E-state index in [1.807, 2.05) is 0 Å². The van der Waals surface area contributed by atoms with Gasteiger partial charge in [-0.3, -0.25) is 14.5 Å². The first-order valence-electron chi connectivity index (χ1n) is 4.85. The van der Waals surface area contributed by atoms with Gasteiger partial charge in [0.2, 0.25) is 0 Å². The predicted octanol–water partition coefficient (Wildman–Crippen LogP) is 0.733. The van der Waals surface area contributed by atoms with Crippen LogP contribution < -0.4 is 0 Å². The van der Waals surface area contributed by atoms with Crippen molar-refractivity contribution in [1.29, 1.82) is 0 Å². The molecule has 1 aliphatic rings. The fourth-order valence-electron chi connectivity index (χ4n) is 1.62. The molecule has 16 heavy (non-hydrogen) atoms. The molecule has 0 atom stereocenters. The molecular formula is C11H12N2O3. The zero-order valence-electron chi connectivity index (χ0n) is 9.14. The molecule has 1 heterocycles. The number of amides is 2. The maximum Gasteiger partial charge on any atom is 0.262 e. The van der Waals surface area contributed by atoms with Crippen LogP contribution in [0.1, 0.15) is 20.7 Å². The predicted molar refractivity (Wildman–Crippen MR) is 56.6 cm³/mol. The molecule has 2 rings (SSSR count). The lowest BCUT2D eigenvalue weighted by atomic mass is 10.1. The largest absolute Gasteiger partial charge is 0.301 e. The molecule has 0 bridgehead atoms. The van der Waals surface area contributed by atoms with Crippen LogP contribution in [0.5, 0.6) is 0 Å². The smallest absolute Gasteiger partial charge is 0.262 e. The Balaban J connectivity index is 2.28. The SMILES string of the molecule is CON(C)CN1C(=O)c2ccccc2C1=O. The fraction of sp³-hybridized carbons (Fsp3) is 0.273. The topological polar surface area (TPSA) is 49.9 Å². The van der Waals surface area contributed by atoms with Crippen LogP contribution in [-0.4, -0.2) is 42.6 Å². The van der Waals surface area contributed by atoms with Gasteiger partial charge in [0.1, 0.15) is 6.67 Å². The zero-order valence-corrected chi connectivity index (χ0v) is 9.14. The van der Waals surface area contributed by atoms with E-state index in [0.717, 1.165) is 4.90 Å². The van der Waals surface area contributed by atoms with E-state index in [1.54, 1.807) is 31.3 Å². The third kappa shape index (κ3) is 1.60. The summed E-state index contributed by atoms with van der Waals surface area (Å²) < 4.78 is 0. The van der Waals surface area contributed by atoms with Gasteiger partial charge in [0.15, 0.2) is 0 Å². The van der Waals surface area contributed by atoms with Crippen molar-refractivity contribution in [3.05, 3.63) is 35.4 Å². The van der Waals surface area contributed by atoms with Gasteiger partial charge in [-0.05, 0) is 12.1 Å². The van der Waals surface area contributed by atoms with Gasteiger partial charge < -0.3 is 4.84 Å². The monoisotopic (exact) mass is 220 g/mol. The third-order valence-electron chi connectivity index (χ3n) is 2.53. The molecule has 0 saturated carbocycles. The highest BCUT2D eigenvalue weighted by molar-refractivity contribution is 6.21. The van der Waals surface area contributed by atoms with E-state index in [2.05, 4.69) is 0 Å². The van der Waals surface area contributed by atoms with Crippen LogP contribution in [0, 0.1) is 0 Å². The lowest BCUT2D eigenvalue weighted by Crippen LogP contribution is -2.38. The number of nitrogens with zero attached hydrogens (tertiary/aromatic N) is 2. The van der Waals surface area contributed by atoms with E-state index in [4.69, 9.17) is 4.84 Å². The maximum absolute atomic E-state index is 11.9. The van der Waals surface area contributed by atoms with Crippen LogP contribution in [0.25, 0.3) is 0 Å². The highest BCUT2D eigenvalue weighted by Gasteiger charge is 2.35. The van der Waals surface area contributed by atoms with E-state index in [1.165, 1.54) is 12.2 Å². The number of rotatable bonds is 3. The minimum absolute atomic E-state index is 0.128. The normalized spacial score (nSPS) is 14.8. The van der Waals surface area contributed by atoms with Crippen LogP contribution in [0.3, 0.4) is 0 Å². The van der Waals surface area contributed by atoms with E-state index in [0.29, 0.717) is 11.1 Å². The van der Waals surface area contributed by atoms with E-state index < -0.39 is 0 Å². The number of hydrogen-bond donors (Lipinski definition) is 0. The number of carbonyl (C=O) groups excluding carboxylic acids is 2. The van der Waals surface area contributed by atoms with Crippen molar-refractivity contribution in [2.24, 2.45) is 0 Å².